The summed E-state index contributed by atoms with van der Waals surface area (Å²) in [6.45, 7) is 0. The molecule has 1 fully saturated rings. The maximum Gasteiger partial charge on any atom is 0.286 e. The van der Waals surface area contributed by atoms with Gasteiger partial charge in [-0.2, -0.15) is 13.1 Å². The molecule has 0 radical (unpaired) electrons. The van der Waals surface area contributed by atoms with E-state index in [9.17, 15) is 8.42 Å². The Hall–Kier alpha value is 0.350. The molecule has 0 bridgehead atoms. The summed E-state index contributed by atoms with van der Waals surface area (Å²) in [6, 6.07) is 0.167. The number of hydrogen-bond donors (Lipinski definition) is 2. The molecule has 4 nitrogen and oxygen atoms in total. The molecule has 9 heavy (non-hydrogen) atoms. The second kappa shape index (κ2) is 2.53. The van der Waals surface area contributed by atoms with E-state index >= 15 is 0 Å². The van der Waals surface area contributed by atoms with Gasteiger partial charge in [0.2, 0.25) is 0 Å². The van der Waals surface area contributed by atoms with E-state index in [0.29, 0.717) is 0 Å². The summed E-state index contributed by atoms with van der Waals surface area (Å²) in [6.07, 6.45) is 1.90. The van der Waals surface area contributed by atoms with E-state index < -0.39 is 10.2 Å². The summed E-state index contributed by atoms with van der Waals surface area (Å²) < 4.78 is 25.5. The van der Waals surface area contributed by atoms with E-state index in [-0.39, 0.29) is 6.04 Å². The van der Waals surface area contributed by atoms with Crippen LogP contribution < -0.4 is 8.47 Å². The first-order chi connectivity index (χ1) is 4.14. The van der Waals surface area contributed by atoms with Gasteiger partial charge in [0.1, 0.15) is 0 Å². The van der Waals surface area contributed by atoms with Crippen LogP contribution in [0.5, 0.6) is 0 Å². The molecule has 0 heterocycles. The summed E-state index contributed by atoms with van der Waals surface area (Å²) in [5.74, 6) is 0. The molecule has 0 aromatic heterocycles. The first kappa shape index (κ1) is 7.46. The van der Waals surface area contributed by atoms with Crippen molar-refractivity contribution in [1.82, 2.24) is 8.47 Å². The van der Waals surface area contributed by atoms with Crippen molar-refractivity contribution in [3.05, 3.63) is 0 Å². The Morgan fingerprint density at radius 2 is 2.00 bits per heavy atom. The van der Waals surface area contributed by atoms with Crippen LogP contribution in [-0.2, 0) is 10.2 Å². The quantitative estimate of drug-likeness (QED) is 0.645. The molecule has 1 rings (SSSR count). The van der Waals surface area contributed by atoms with Crippen LogP contribution in [0.2, 0.25) is 0 Å². The van der Waals surface area contributed by atoms with Crippen LogP contribution in [0.25, 0.3) is 0 Å². The summed E-state index contributed by atoms with van der Waals surface area (Å²) in [5.41, 5.74) is 0. The van der Waals surface area contributed by atoms with Crippen molar-refractivity contribution in [1.29, 1.82) is 0 Å². The van der Waals surface area contributed by atoms with Gasteiger partial charge in [0, 0.05) is 22.2 Å². The minimum absolute atomic E-state index is 0.167. The lowest BCUT2D eigenvalue weighted by Gasteiger charge is -1.98. The Morgan fingerprint density at radius 1 is 1.44 bits per heavy atom. The molecular formula is C3H7BrN2O2S. The number of rotatable bonds is 3. The molecule has 0 atom stereocenters. The van der Waals surface area contributed by atoms with Gasteiger partial charge in [-0.3, -0.25) is 0 Å². The van der Waals surface area contributed by atoms with Crippen LogP contribution in [0, 0.1) is 0 Å². The fourth-order valence-corrected chi connectivity index (χ4v) is 1.44. The fourth-order valence-electron chi connectivity index (χ4n) is 0.443. The molecule has 0 spiro atoms. The van der Waals surface area contributed by atoms with E-state index in [4.69, 9.17) is 0 Å². The predicted molar refractivity (Wildman–Crippen MR) is 37.1 cm³/mol. The molecule has 1 aliphatic rings. The summed E-state index contributed by atoms with van der Waals surface area (Å²) in [5, 5.41) is 0. The second-order valence-electron chi connectivity index (χ2n) is 1.97. The molecule has 0 amide bonds. The largest absolute Gasteiger partial charge is 0.286 e. The lowest BCUT2D eigenvalue weighted by molar-refractivity contribution is 0.580. The highest BCUT2D eigenvalue weighted by molar-refractivity contribution is 9.09. The standard InChI is InChI=1S/C3H7BrN2O2S/c4-6-9(7,8)5-3-1-2-3/h3,5-6H,1-2H2. The number of halogens is 1. The third-order valence-electron chi connectivity index (χ3n) is 1.00. The van der Waals surface area contributed by atoms with Crippen molar-refractivity contribution in [2.24, 2.45) is 0 Å². The van der Waals surface area contributed by atoms with Crippen molar-refractivity contribution in [2.45, 2.75) is 18.9 Å². The first-order valence-corrected chi connectivity index (χ1v) is 4.81. The van der Waals surface area contributed by atoms with Gasteiger partial charge in [-0.05, 0) is 12.8 Å². The monoisotopic (exact) mass is 214 g/mol. The minimum Gasteiger partial charge on any atom is -0.199 e. The maximum absolute atomic E-state index is 10.6. The first-order valence-electron chi connectivity index (χ1n) is 2.54. The van der Waals surface area contributed by atoms with Crippen molar-refractivity contribution in [3.63, 3.8) is 0 Å². The van der Waals surface area contributed by atoms with Crippen LogP contribution in [0.4, 0.5) is 0 Å². The van der Waals surface area contributed by atoms with E-state index in [1.165, 1.54) is 0 Å². The molecule has 1 saturated carbocycles. The molecule has 0 aliphatic heterocycles. The Labute approximate surface area is 62.5 Å². The van der Waals surface area contributed by atoms with Crippen LogP contribution in [-0.4, -0.2) is 14.5 Å². The van der Waals surface area contributed by atoms with Crippen molar-refractivity contribution in [2.75, 3.05) is 0 Å². The smallest absolute Gasteiger partial charge is 0.199 e. The summed E-state index contributed by atoms with van der Waals surface area (Å²) in [7, 11) is -3.24. The lowest BCUT2D eigenvalue weighted by atomic mass is 10.8. The number of hydrogen-bond acceptors (Lipinski definition) is 2. The minimum atomic E-state index is -3.24. The zero-order chi connectivity index (χ0) is 6.91. The van der Waals surface area contributed by atoms with Crippen LogP contribution >= 0.6 is 16.1 Å². The highest BCUT2D eigenvalue weighted by atomic mass is 79.9. The molecule has 2 N–H and O–H groups in total. The molecule has 0 unspecified atom stereocenters. The number of nitrogens with one attached hydrogen (secondary N) is 2. The molecule has 6 heteroatoms. The van der Waals surface area contributed by atoms with Gasteiger partial charge in [0.25, 0.3) is 10.2 Å². The van der Waals surface area contributed by atoms with E-state index in [0.717, 1.165) is 12.8 Å². The van der Waals surface area contributed by atoms with E-state index in [1.54, 1.807) is 0 Å². The van der Waals surface area contributed by atoms with Crippen LogP contribution in [0.15, 0.2) is 0 Å². The predicted octanol–water partition coefficient (Wildman–Crippen LogP) is -0.117. The van der Waals surface area contributed by atoms with Crippen LogP contribution in [0.1, 0.15) is 12.8 Å². The van der Waals surface area contributed by atoms with Gasteiger partial charge in [0.15, 0.2) is 0 Å². The Balaban J connectivity index is 2.40. The average Bonchev–Trinajstić information content (AvgIpc) is 2.50. The van der Waals surface area contributed by atoms with Crippen LogP contribution in [0.3, 0.4) is 0 Å². The van der Waals surface area contributed by atoms with Crippen molar-refractivity contribution in [3.8, 4) is 0 Å². The average molecular weight is 215 g/mol. The van der Waals surface area contributed by atoms with Gasteiger partial charge in [-0.15, -0.1) is 3.75 Å². The van der Waals surface area contributed by atoms with Gasteiger partial charge in [0.05, 0.1) is 0 Å². The topological polar surface area (TPSA) is 58.2 Å². The van der Waals surface area contributed by atoms with Gasteiger partial charge in [-0.25, -0.2) is 0 Å². The van der Waals surface area contributed by atoms with Gasteiger partial charge >= 0.3 is 0 Å². The van der Waals surface area contributed by atoms with E-state index in [2.05, 4.69) is 20.9 Å². The Morgan fingerprint density at radius 3 is 2.33 bits per heavy atom. The van der Waals surface area contributed by atoms with Crippen molar-refractivity contribution < 1.29 is 8.42 Å². The molecular weight excluding hydrogens is 208 g/mol. The van der Waals surface area contributed by atoms with Gasteiger partial charge in [-0.1, -0.05) is 0 Å². The highest BCUT2D eigenvalue weighted by Crippen LogP contribution is 2.19. The summed E-state index contributed by atoms with van der Waals surface area (Å²) >= 11 is 2.63. The zero-order valence-electron chi connectivity index (χ0n) is 4.59. The Bertz CT molecular complexity index is 186. The molecule has 0 aromatic rings. The van der Waals surface area contributed by atoms with E-state index in [1.807, 2.05) is 3.75 Å². The Kier molecular flexibility index (Phi) is 2.10. The second-order valence-corrected chi connectivity index (χ2v) is 4.34. The normalized spacial score (nSPS) is 20.1. The summed E-state index contributed by atoms with van der Waals surface area (Å²) in [4.78, 5) is 0. The molecule has 54 valence electrons. The molecule has 0 saturated heterocycles. The SMILES string of the molecule is O=S(=O)(NBr)NC1CC1. The lowest BCUT2D eigenvalue weighted by Crippen LogP contribution is -2.32. The highest BCUT2D eigenvalue weighted by Gasteiger charge is 2.25. The zero-order valence-corrected chi connectivity index (χ0v) is 7.00. The molecule has 0 aromatic carbocycles. The molecule has 1 aliphatic carbocycles. The third-order valence-corrected chi connectivity index (χ3v) is 3.13. The van der Waals surface area contributed by atoms with Crippen molar-refractivity contribution >= 4 is 26.4 Å². The third kappa shape index (κ3) is 2.61. The van der Waals surface area contributed by atoms with Gasteiger partial charge < -0.3 is 0 Å². The fraction of sp³-hybridized carbons (Fsp3) is 1.00. The maximum atomic E-state index is 10.6.